The summed E-state index contributed by atoms with van der Waals surface area (Å²) in [6.07, 6.45) is 2.33. The van der Waals surface area contributed by atoms with E-state index in [2.05, 4.69) is 22.5 Å². The van der Waals surface area contributed by atoms with E-state index in [0.717, 1.165) is 37.6 Å². The molecule has 0 radical (unpaired) electrons. The van der Waals surface area contributed by atoms with Gasteiger partial charge in [0.15, 0.2) is 17.7 Å². The predicted molar refractivity (Wildman–Crippen MR) is 227 cm³/mol. The zero-order valence-electron chi connectivity index (χ0n) is 37.6. The van der Waals surface area contributed by atoms with Gasteiger partial charge in [0.25, 0.3) is 0 Å². The Morgan fingerprint density at radius 3 is 2.35 bits per heavy atom. The molecule has 13 atom stereocenters. The monoisotopic (exact) mass is 839 g/mol. The number of amides is 1. The summed E-state index contributed by atoms with van der Waals surface area (Å²) in [5.74, 6) is -5.01. The Hall–Kier alpha value is -3.53. The van der Waals surface area contributed by atoms with Crippen molar-refractivity contribution in [2.24, 2.45) is 23.7 Å². The maximum atomic E-state index is 14.7. The molecule has 334 valence electrons. The summed E-state index contributed by atoms with van der Waals surface area (Å²) in [6.45, 7) is 14.4. The number of para-hydroxylation sites is 1. The zero-order valence-corrected chi connectivity index (χ0v) is 37.6. The van der Waals surface area contributed by atoms with Gasteiger partial charge in [-0.1, -0.05) is 58.7 Å². The fourth-order valence-corrected chi connectivity index (χ4v) is 9.90. The summed E-state index contributed by atoms with van der Waals surface area (Å²) in [7, 11) is 5.25. The molecule has 1 aromatic carbocycles. The number of ketones is 2. The molecule has 14 nitrogen and oxygen atoms in total. The quantitative estimate of drug-likeness (QED) is 0.136. The number of Topliss-reactive ketones (excluding diaryl/α,β-unsaturated/α-hetero) is 2. The highest BCUT2D eigenvalue weighted by atomic mass is 16.7. The lowest BCUT2D eigenvalue weighted by Crippen LogP contribution is -2.61. The number of benzene rings is 1. The number of aromatic nitrogens is 1. The molecule has 0 spiro atoms. The Morgan fingerprint density at radius 2 is 1.67 bits per heavy atom. The van der Waals surface area contributed by atoms with Gasteiger partial charge in [-0.25, -0.2) is 15.2 Å². The standard InChI is InChI=1S/C46H70N4O10/c1-12-36-46(8)40(50(44(55)60-46)48-23-18-14-13-15-19-32-22-24-47-34-21-17-16-20-33(32)34)29(4)37(51)27(2)26-45(7,56-11)41(30(5)38(52)31(6)42(54)58-36)59-43-39(53)35(49(9)10)25-28(3)57-43/h16-17,20-22,24,27-31,35-36,39-41,43,48,53H,12-15,18-19,23,25-26H2,1-11H3/t27-,28-,29+,30+,31-,35+,36-,39-,40-,41-,43+,45-,46-/m1/s1. The van der Waals surface area contributed by atoms with Crippen LogP contribution in [0.25, 0.3) is 10.9 Å². The molecular formula is C46H70N4O10. The number of cyclic esters (lactones) is 1. The van der Waals surface area contributed by atoms with Crippen LogP contribution in [0.1, 0.15) is 106 Å². The Bertz CT molecular complexity index is 1810. The number of fused-ring (bicyclic) bond motifs is 2. The van der Waals surface area contributed by atoms with E-state index in [1.165, 1.54) is 30.0 Å². The minimum absolute atomic E-state index is 0.126. The van der Waals surface area contributed by atoms with Crippen LogP contribution in [0, 0.1) is 23.7 Å². The average molecular weight is 839 g/mol. The molecule has 0 bridgehead atoms. The lowest BCUT2D eigenvalue weighted by molar-refractivity contribution is -0.295. The smallest absolute Gasteiger partial charge is 0.425 e. The second-order valence-electron chi connectivity index (χ2n) is 18.1. The molecule has 3 aliphatic heterocycles. The first kappa shape index (κ1) is 47.5. The number of carbonyl (C=O) groups excluding carboxylic acids is 4. The third-order valence-electron chi connectivity index (χ3n) is 13.5. The van der Waals surface area contributed by atoms with Crippen molar-refractivity contribution >= 4 is 34.5 Å². The van der Waals surface area contributed by atoms with E-state index < -0.39 is 83.4 Å². The predicted octanol–water partition coefficient (Wildman–Crippen LogP) is 6.05. The van der Waals surface area contributed by atoms with E-state index in [1.807, 2.05) is 64.2 Å². The van der Waals surface area contributed by atoms with Crippen molar-refractivity contribution in [3.05, 3.63) is 42.1 Å². The van der Waals surface area contributed by atoms with Gasteiger partial charge in [0.2, 0.25) is 0 Å². The minimum atomic E-state index is -1.43. The molecule has 2 N–H and O–H groups in total. The SMILES string of the molecule is CC[C@H]1OC(=O)[C@H](C)C(=O)[C@H](C)[C@@H](O[C@@H]2O[C@H](C)C[C@H](N(C)C)[C@H]2O)[C@](C)(OC)C[C@@H](C)C(=O)[C@H](C)[C@H]2N(NCCCCCCc3ccnc4ccccc34)C(=O)O[C@]12C. The Morgan fingerprint density at radius 1 is 0.967 bits per heavy atom. The van der Waals surface area contributed by atoms with Crippen molar-refractivity contribution in [1.29, 1.82) is 0 Å². The number of aliphatic hydroxyl groups excluding tert-OH is 1. The number of unbranched alkanes of at least 4 members (excludes halogenated alkanes) is 3. The number of aryl methyl sites for hydroxylation is 1. The van der Waals surface area contributed by atoms with E-state index in [1.54, 1.807) is 27.7 Å². The molecule has 3 aliphatic rings. The number of carbonyl (C=O) groups is 4. The zero-order chi connectivity index (χ0) is 44.1. The van der Waals surface area contributed by atoms with Crippen LogP contribution in [0.3, 0.4) is 0 Å². The summed E-state index contributed by atoms with van der Waals surface area (Å²) in [5, 5.41) is 14.0. The van der Waals surface area contributed by atoms with Gasteiger partial charge in [-0.2, -0.15) is 0 Å². The number of hydrogen-bond donors (Lipinski definition) is 2. The van der Waals surface area contributed by atoms with Crippen LogP contribution >= 0.6 is 0 Å². The number of nitrogens with one attached hydrogen (secondary N) is 1. The molecule has 2 aromatic rings. The molecule has 4 heterocycles. The van der Waals surface area contributed by atoms with Crippen molar-refractivity contribution in [2.75, 3.05) is 27.7 Å². The summed E-state index contributed by atoms with van der Waals surface area (Å²) >= 11 is 0. The van der Waals surface area contributed by atoms with Gasteiger partial charge in [0.1, 0.15) is 30.0 Å². The van der Waals surface area contributed by atoms with Gasteiger partial charge in [-0.05, 0) is 98.0 Å². The van der Waals surface area contributed by atoms with Gasteiger partial charge in [-0.3, -0.25) is 19.4 Å². The summed E-state index contributed by atoms with van der Waals surface area (Å²) in [6, 6.07) is 9.10. The second kappa shape index (κ2) is 20.1. The molecule has 0 saturated carbocycles. The first-order chi connectivity index (χ1) is 28.4. The van der Waals surface area contributed by atoms with Crippen LogP contribution in [0.5, 0.6) is 0 Å². The number of nitrogens with zero attached hydrogens (tertiary/aromatic N) is 3. The fourth-order valence-electron chi connectivity index (χ4n) is 9.90. The van der Waals surface area contributed by atoms with E-state index >= 15 is 0 Å². The van der Waals surface area contributed by atoms with Crippen molar-refractivity contribution in [2.45, 2.75) is 161 Å². The van der Waals surface area contributed by atoms with E-state index in [0.29, 0.717) is 13.0 Å². The first-order valence-corrected chi connectivity index (χ1v) is 21.9. The molecule has 1 amide bonds. The number of methoxy groups -OCH3 is 1. The number of likely N-dealkylation sites (N-methyl/N-ethyl adjacent to an activating group) is 1. The van der Waals surface area contributed by atoms with Crippen LogP contribution in [-0.4, -0.2) is 125 Å². The molecular weight excluding hydrogens is 769 g/mol. The van der Waals surface area contributed by atoms with Crippen LogP contribution < -0.4 is 5.43 Å². The largest absolute Gasteiger partial charge is 0.458 e. The maximum Gasteiger partial charge on any atom is 0.425 e. The molecule has 3 saturated heterocycles. The molecule has 14 heteroatoms. The Kier molecular flexibility index (Phi) is 15.9. The normalized spacial score (nSPS) is 36.0. The lowest BCUT2D eigenvalue weighted by atomic mass is 9.73. The molecule has 3 fully saturated rings. The maximum absolute atomic E-state index is 14.7. The van der Waals surface area contributed by atoms with E-state index in [4.69, 9.17) is 23.7 Å². The highest BCUT2D eigenvalue weighted by molar-refractivity contribution is 6.00. The number of rotatable bonds is 13. The van der Waals surface area contributed by atoms with Gasteiger partial charge < -0.3 is 33.7 Å². The van der Waals surface area contributed by atoms with Crippen LogP contribution in [0.2, 0.25) is 0 Å². The molecule has 0 aliphatic carbocycles. The van der Waals surface area contributed by atoms with Gasteiger partial charge in [0.05, 0.1) is 23.3 Å². The van der Waals surface area contributed by atoms with Crippen LogP contribution in [0.15, 0.2) is 36.5 Å². The van der Waals surface area contributed by atoms with Crippen molar-refractivity contribution < 1.29 is 48.0 Å². The third kappa shape index (κ3) is 10.1. The topological polar surface area (TPSA) is 166 Å². The first-order valence-electron chi connectivity index (χ1n) is 21.9. The van der Waals surface area contributed by atoms with Gasteiger partial charge >= 0.3 is 12.1 Å². The number of esters is 1. The third-order valence-corrected chi connectivity index (χ3v) is 13.5. The summed E-state index contributed by atoms with van der Waals surface area (Å²) in [5.41, 5.74) is 2.85. The molecule has 0 unspecified atom stereocenters. The Balaban J connectivity index is 1.37. The number of pyridine rings is 1. The minimum Gasteiger partial charge on any atom is -0.458 e. The van der Waals surface area contributed by atoms with Crippen LogP contribution in [0.4, 0.5) is 4.79 Å². The molecule has 5 rings (SSSR count). The number of hydrazine groups is 1. The fraction of sp³-hybridized carbons (Fsp3) is 0.717. The summed E-state index contributed by atoms with van der Waals surface area (Å²) < 4.78 is 31.2. The van der Waals surface area contributed by atoms with E-state index in [-0.39, 0.29) is 30.8 Å². The number of aliphatic hydroxyl groups is 1. The highest BCUT2D eigenvalue weighted by Crippen LogP contribution is 2.42. The summed E-state index contributed by atoms with van der Waals surface area (Å²) in [4.78, 5) is 63.2. The van der Waals surface area contributed by atoms with E-state index in [9.17, 15) is 24.3 Å². The lowest BCUT2D eigenvalue weighted by Gasteiger charge is -2.47. The van der Waals surface area contributed by atoms with Crippen molar-refractivity contribution in [1.82, 2.24) is 20.3 Å². The van der Waals surface area contributed by atoms with Crippen molar-refractivity contribution in [3.63, 3.8) is 0 Å². The Labute approximate surface area is 356 Å². The number of hydrogen-bond acceptors (Lipinski definition) is 13. The van der Waals surface area contributed by atoms with Gasteiger partial charge in [0, 0.05) is 49.0 Å². The molecule has 60 heavy (non-hydrogen) atoms. The highest BCUT2D eigenvalue weighted by Gasteiger charge is 2.61. The average Bonchev–Trinajstić information content (AvgIpc) is 3.49. The number of ether oxygens (including phenoxy) is 5. The van der Waals surface area contributed by atoms with Crippen molar-refractivity contribution in [3.8, 4) is 0 Å². The second-order valence-corrected chi connectivity index (χ2v) is 18.1. The van der Waals surface area contributed by atoms with Crippen LogP contribution in [-0.2, 0) is 44.5 Å². The van der Waals surface area contributed by atoms with Gasteiger partial charge in [-0.15, -0.1) is 0 Å². The molecule has 1 aromatic heterocycles.